The Bertz CT molecular complexity index is 624. The number of hydrogen-bond donors (Lipinski definition) is 2. The number of hydrogen-bond acceptors (Lipinski definition) is 6. The Hall–Kier alpha value is -2.90. The van der Waals surface area contributed by atoms with Gasteiger partial charge in [0.15, 0.2) is 11.5 Å². The number of aliphatic carboxylic acids is 1. The first kappa shape index (κ1) is 18.1. The SMILES string of the molecule is CC(=O)Oc1cccc(C(=O)NCCCC(=O)O)c1OC(C)=O. The highest BCUT2D eigenvalue weighted by Gasteiger charge is 2.19. The summed E-state index contributed by atoms with van der Waals surface area (Å²) < 4.78 is 9.89. The van der Waals surface area contributed by atoms with E-state index < -0.39 is 23.8 Å². The summed E-state index contributed by atoms with van der Waals surface area (Å²) in [4.78, 5) is 44.8. The van der Waals surface area contributed by atoms with Crippen molar-refractivity contribution in [3.05, 3.63) is 23.8 Å². The van der Waals surface area contributed by atoms with Crippen molar-refractivity contribution in [2.45, 2.75) is 26.7 Å². The van der Waals surface area contributed by atoms with Crippen molar-refractivity contribution in [2.24, 2.45) is 0 Å². The van der Waals surface area contributed by atoms with Gasteiger partial charge in [-0.15, -0.1) is 0 Å². The Morgan fingerprint density at radius 1 is 1.09 bits per heavy atom. The topological polar surface area (TPSA) is 119 Å². The van der Waals surface area contributed by atoms with Crippen molar-refractivity contribution in [3.63, 3.8) is 0 Å². The van der Waals surface area contributed by atoms with Crippen LogP contribution in [0, 0.1) is 0 Å². The third-order valence-electron chi connectivity index (χ3n) is 2.58. The fourth-order valence-electron chi connectivity index (χ4n) is 1.72. The summed E-state index contributed by atoms with van der Waals surface area (Å²) in [6, 6.07) is 4.26. The van der Waals surface area contributed by atoms with Crippen molar-refractivity contribution >= 4 is 23.8 Å². The number of esters is 2. The Morgan fingerprint density at radius 3 is 2.30 bits per heavy atom. The second-order valence-electron chi connectivity index (χ2n) is 4.57. The van der Waals surface area contributed by atoms with Gasteiger partial charge in [-0.3, -0.25) is 19.2 Å². The fourth-order valence-corrected chi connectivity index (χ4v) is 1.72. The molecule has 0 unspecified atom stereocenters. The average molecular weight is 323 g/mol. The predicted molar refractivity (Wildman–Crippen MR) is 78.3 cm³/mol. The summed E-state index contributed by atoms with van der Waals surface area (Å²) in [5.41, 5.74) is 0.00859. The molecule has 1 rings (SSSR count). The summed E-state index contributed by atoms with van der Waals surface area (Å²) >= 11 is 0. The van der Waals surface area contributed by atoms with Gasteiger partial charge in [0.1, 0.15) is 0 Å². The molecular weight excluding hydrogens is 306 g/mol. The van der Waals surface area contributed by atoms with Crippen LogP contribution in [0.1, 0.15) is 37.0 Å². The molecule has 0 aromatic heterocycles. The number of rotatable bonds is 7. The van der Waals surface area contributed by atoms with Crippen molar-refractivity contribution in [1.82, 2.24) is 5.32 Å². The van der Waals surface area contributed by atoms with Gasteiger partial charge in [0.2, 0.25) is 0 Å². The molecular formula is C15H17NO7. The molecule has 0 heterocycles. The van der Waals surface area contributed by atoms with E-state index in [1.807, 2.05) is 0 Å². The summed E-state index contributed by atoms with van der Waals surface area (Å²) in [6.07, 6.45) is 0.179. The molecule has 0 fully saturated rings. The van der Waals surface area contributed by atoms with Crippen LogP contribution >= 0.6 is 0 Å². The predicted octanol–water partition coefficient (Wildman–Crippen LogP) is 1.13. The first-order valence-corrected chi connectivity index (χ1v) is 6.81. The van der Waals surface area contributed by atoms with E-state index >= 15 is 0 Å². The molecule has 0 aliphatic carbocycles. The molecule has 0 radical (unpaired) electrons. The number of carboxylic acids is 1. The average Bonchev–Trinajstić information content (AvgIpc) is 2.44. The van der Waals surface area contributed by atoms with Gasteiger partial charge in [-0.25, -0.2) is 0 Å². The number of carbonyl (C=O) groups excluding carboxylic acids is 3. The van der Waals surface area contributed by atoms with Crippen LogP contribution in [0.15, 0.2) is 18.2 Å². The Morgan fingerprint density at radius 2 is 1.74 bits per heavy atom. The monoisotopic (exact) mass is 323 g/mol. The second kappa shape index (κ2) is 8.52. The van der Waals surface area contributed by atoms with E-state index in [-0.39, 0.29) is 36.4 Å². The molecule has 0 saturated heterocycles. The van der Waals surface area contributed by atoms with E-state index in [1.165, 1.54) is 25.1 Å². The molecule has 23 heavy (non-hydrogen) atoms. The van der Waals surface area contributed by atoms with Gasteiger partial charge in [0.05, 0.1) is 5.56 Å². The zero-order valence-electron chi connectivity index (χ0n) is 12.8. The molecule has 1 aromatic carbocycles. The second-order valence-corrected chi connectivity index (χ2v) is 4.57. The standard InChI is InChI=1S/C15H17NO7/c1-9(17)22-12-6-3-5-11(14(12)23-10(2)18)15(21)16-8-4-7-13(19)20/h3,5-6H,4,7-8H2,1-2H3,(H,16,21)(H,19,20). The maximum atomic E-state index is 12.1. The first-order valence-electron chi connectivity index (χ1n) is 6.81. The van der Waals surface area contributed by atoms with Crippen LogP contribution in [0.3, 0.4) is 0 Å². The van der Waals surface area contributed by atoms with Crippen LogP contribution in [0.25, 0.3) is 0 Å². The highest BCUT2D eigenvalue weighted by atomic mass is 16.6. The van der Waals surface area contributed by atoms with E-state index in [1.54, 1.807) is 0 Å². The highest BCUT2D eigenvalue weighted by molar-refractivity contribution is 5.98. The van der Waals surface area contributed by atoms with Gasteiger partial charge in [0.25, 0.3) is 5.91 Å². The molecule has 0 spiro atoms. The molecule has 0 saturated carbocycles. The maximum absolute atomic E-state index is 12.1. The maximum Gasteiger partial charge on any atom is 0.308 e. The number of benzene rings is 1. The zero-order valence-corrected chi connectivity index (χ0v) is 12.8. The van der Waals surface area contributed by atoms with E-state index in [9.17, 15) is 19.2 Å². The van der Waals surface area contributed by atoms with Crippen molar-refractivity contribution in [1.29, 1.82) is 0 Å². The zero-order chi connectivity index (χ0) is 17.4. The molecule has 1 aromatic rings. The lowest BCUT2D eigenvalue weighted by atomic mass is 10.1. The molecule has 8 nitrogen and oxygen atoms in total. The van der Waals surface area contributed by atoms with Gasteiger partial charge < -0.3 is 19.9 Å². The molecule has 0 aliphatic rings. The molecule has 0 aliphatic heterocycles. The van der Waals surface area contributed by atoms with Crippen LogP contribution in [0.5, 0.6) is 11.5 Å². The highest BCUT2D eigenvalue weighted by Crippen LogP contribution is 2.31. The van der Waals surface area contributed by atoms with Crippen molar-refractivity contribution in [2.75, 3.05) is 6.54 Å². The Balaban J connectivity index is 2.94. The molecule has 0 atom stereocenters. The number of para-hydroxylation sites is 1. The van der Waals surface area contributed by atoms with E-state index in [0.29, 0.717) is 0 Å². The minimum atomic E-state index is -0.961. The number of carbonyl (C=O) groups is 4. The smallest absolute Gasteiger partial charge is 0.308 e. The van der Waals surface area contributed by atoms with Gasteiger partial charge in [-0.2, -0.15) is 0 Å². The summed E-state index contributed by atoms with van der Waals surface area (Å²) in [6.45, 7) is 2.47. The van der Waals surface area contributed by atoms with Crippen LogP contribution in [-0.2, 0) is 14.4 Å². The van der Waals surface area contributed by atoms with Gasteiger partial charge in [-0.05, 0) is 18.6 Å². The third-order valence-corrected chi connectivity index (χ3v) is 2.58. The van der Waals surface area contributed by atoms with E-state index in [0.717, 1.165) is 6.92 Å². The Labute approximate surface area is 132 Å². The molecule has 124 valence electrons. The van der Waals surface area contributed by atoms with E-state index in [4.69, 9.17) is 14.6 Å². The first-order chi connectivity index (χ1) is 10.8. The van der Waals surface area contributed by atoms with Crippen LogP contribution in [0.4, 0.5) is 0 Å². The quantitative estimate of drug-likeness (QED) is 0.438. The lowest BCUT2D eigenvalue weighted by Crippen LogP contribution is -2.26. The van der Waals surface area contributed by atoms with Crippen LogP contribution < -0.4 is 14.8 Å². The van der Waals surface area contributed by atoms with Crippen LogP contribution in [0.2, 0.25) is 0 Å². The van der Waals surface area contributed by atoms with Crippen molar-refractivity contribution < 1.29 is 33.8 Å². The summed E-state index contributed by atoms with van der Waals surface area (Å²) in [7, 11) is 0. The third kappa shape index (κ3) is 6.16. The number of nitrogens with one attached hydrogen (secondary N) is 1. The van der Waals surface area contributed by atoms with Crippen molar-refractivity contribution in [3.8, 4) is 11.5 Å². The normalized spacial score (nSPS) is 9.83. The lowest BCUT2D eigenvalue weighted by molar-refractivity contribution is -0.137. The molecule has 0 bridgehead atoms. The number of amides is 1. The Kier molecular flexibility index (Phi) is 6.72. The van der Waals surface area contributed by atoms with Gasteiger partial charge in [-0.1, -0.05) is 6.07 Å². The molecule has 2 N–H and O–H groups in total. The van der Waals surface area contributed by atoms with Crippen LogP contribution in [-0.4, -0.2) is 35.5 Å². The molecule has 1 amide bonds. The summed E-state index contributed by atoms with van der Waals surface area (Å²) in [5.74, 6) is -3.05. The fraction of sp³-hybridized carbons (Fsp3) is 0.333. The van der Waals surface area contributed by atoms with Gasteiger partial charge >= 0.3 is 17.9 Å². The molecule has 8 heteroatoms. The minimum Gasteiger partial charge on any atom is -0.481 e. The number of carboxylic acid groups (broad SMARTS) is 1. The number of ether oxygens (including phenoxy) is 2. The van der Waals surface area contributed by atoms with E-state index in [2.05, 4.69) is 5.32 Å². The minimum absolute atomic E-state index is 0.00859. The summed E-state index contributed by atoms with van der Waals surface area (Å²) in [5, 5.41) is 11.1. The largest absolute Gasteiger partial charge is 0.481 e. The van der Waals surface area contributed by atoms with Gasteiger partial charge in [0, 0.05) is 26.8 Å². The lowest BCUT2D eigenvalue weighted by Gasteiger charge is -2.13.